The van der Waals surface area contributed by atoms with Gasteiger partial charge in [-0.3, -0.25) is 0 Å². The molecule has 0 spiro atoms. The van der Waals surface area contributed by atoms with Gasteiger partial charge in [-0.1, -0.05) is 65.3 Å². The van der Waals surface area contributed by atoms with E-state index in [0.717, 1.165) is 16.8 Å². The topological polar surface area (TPSA) is 21.6 Å². The smallest absolute Gasteiger partial charge is 0.117 e. The molecule has 0 radical (unpaired) electrons. The second kappa shape index (κ2) is 5.30. The van der Waals surface area contributed by atoms with Crippen LogP contribution in [0.4, 0.5) is 0 Å². The van der Waals surface area contributed by atoms with Crippen molar-refractivity contribution in [3.05, 3.63) is 71.3 Å². The molecule has 0 amide bonds. The fourth-order valence-corrected chi connectivity index (χ4v) is 1.67. The van der Waals surface area contributed by atoms with Gasteiger partial charge in [-0.05, 0) is 6.92 Å². The standard InChI is InChI=1S/C15H15NO/c1-12-8-10-14(11-9-12)15(16-17-2)13-6-4-3-5-7-13/h3-11H,1-2H3/b16-15+. The number of benzene rings is 2. The van der Waals surface area contributed by atoms with Gasteiger partial charge in [0.25, 0.3) is 0 Å². The highest BCUT2D eigenvalue weighted by molar-refractivity contribution is 6.12. The van der Waals surface area contributed by atoms with E-state index in [9.17, 15) is 0 Å². The van der Waals surface area contributed by atoms with Crippen LogP contribution in [0.2, 0.25) is 0 Å². The molecule has 0 aliphatic carbocycles. The maximum absolute atomic E-state index is 4.93. The molecule has 0 saturated heterocycles. The van der Waals surface area contributed by atoms with E-state index in [1.165, 1.54) is 5.56 Å². The minimum atomic E-state index is 0.855. The largest absolute Gasteiger partial charge is 0.399 e. The molecule has 2 aromatic carbocycles. The molecule has 17 heavy (non-hydrogen) atoms. The Balaban J connectivity index is 2.44. The number of hydrogen-bond donors (Lipinski definition) is 0. The Morgan fingerprint density at radius 1 is 0.882 bits per heavy atom. The fourth-order valence-electron chi connectivity index (χ4n) is 1.67. The zero-order chi connectivity index (χ0) is 12.1. The Morgan fingerprint density at radius 2 is 1.47 bits per heavy atom. The summed E-state index contributed by atoms with van der Waals surface area (Å²) in [6.45, 7) is 2.07. The van der Waals surface area contributed by atoms with Crippen molar-refractivity contribution in [2.24, 2.45) is 5.16 Å². The van der Waals surface area contributed by atoms with Crippen LogP contribution in [0.25, 0.3) is 0 Å². The van der Waals surface area contributed by atoms with Crippen LogP contribution in [0.15, 0.2) is 59.8 Å². The van der Waals surface area contributed by atoms with Gasteiger partial charge >= 0.3 is 0 Å². The molecule has 0 N–H and O–H groups in total. The third kappa shape index (κ3) is 2.72. The molecule has 0 saturated carbocycles. The minimum absolute atomic E-state index is 0.855. The minimum Gasteiger partial charge on any atom is -0.399 e. The number of oxime groups is 1. The molecule has 86 valence electrons. The summed E-state index contributed by atoms with van der Waals surface area (Å²) in [6, 6.07) is 18.3. The Bertz CT molecular complexity index is 500. The van der Waals surface area contributed by atoms with Crippen LogP contribution in [0.5, 0.6) is 0 Å². The second-order valence-electron chi connectivity index (χ2n) is 3.85. The van der Waals surface area contributed by atoms with E-state index in [0.29, 0.717) is 0 Å². The van der Waals surface area contributed by atoms with Crippen LogP contribution in [0.3, 0.4) is 0 Å². The highest BCUT2D eigenvalue weighted by Gasteiger charge is 2.06. The summed E-state index contributed by atoms with van der Waals surface area (Å²) >= 11 is 0. The lowest BCUT2D eigenvalue weighted by Crippen LogP contribution is -2.03. The van der Waals surface area contributed by atoms with E-state index in [2.05, 4.69) is 36.3 Å². The van der Waals surface area contributed by atoms with Crippen LogP contribution in [0, 0.1) is 6.92 Å². The lowest BCUT2D eigenvalue weighted by molar-refractivity contribution is 0.214. The molecule has 0 heterocycles. The zero-order valence-electron chi connectivity index (χ0n) is 10.1. The van der Waals surface area contributed by atoms with Crippen LogP contribution >= 0.6 is 0 Å². The average Bonchev–Trinajstić information content (AvgIpc) is 2.38. The SMILES string of the molecule is CO/N=C(\c1ccccc1)c1ccc(C)cc1. The summed E-state index contributed by atoms with van der Waals surface area (Å²) in [6.07, 6.45) is 0. The first kappa shape index (κ1) is 11.4. The van der Waals surface area contributed by atoms with E-state index in [-0.39, 0.29) is 0 Å². The van der Waals surface area contributed by atoms with Gasteiger partial charge < -0.3 is 4.84 Å². The maximum Gasteiger partial charge on any atom is 0.117 e. The van der Waals surface area contributed by atoms with Crippen molar-refractivity contribution < 1.29 is 4.84 Å². The first-order valence-electron chi connectivity index (χ1n) is 5.55. The van der Waals surface area contributed by atoms with Crippen LogP contribution in [-0.4, -0.2) is 12.8 Å². The molecular formula is C15H15NO. The van der Waals surface area contributed by atoms with Crippen molar-refractivity contribution in [1.29, 1.82) is 0 Å². The second-order valence-corrected chi connectivity index (χ2v) is 3.85. The Kier molecular flexibility index (Phi) is 3.55. The molecule has 0 atom stereocenters. The van der Waals surface area contributed by atoms with Crippen LogP contribution in [-0.2, 0) is 4.84 Å². The first-order chi connectivity index (χ1) is 8.31. The zero-order valence-corrected chi connectivity index (χ0v) is 10.1. The van der Waals surface area contributed by atoms with Crippen molar-refractivity contribution >= 4 is 5.71 Å². The third-order valence-electron chi connectivity index (χ3n) is 2.55. The number of hydrogen-bond acceptors (Lipinski definition) is 2. The molecule has 2 aromatic rings. The fraction of sp³-hybridized carbons (Fsp3) is 0.133. The van der Waals surface area contributed by atoms with Gasteiger partial charge in [0.2, 0.25) is 0 Å². The summed E-state index contributed by atoms with van der Waals surface area (Å²) in [5, 5.41) is 4.11. The van der Waals surface area contributed by atoms with Crippen molar-refractivity contribution in [2.75, 3.05) is 7.11 Å². The molecule has 0 aromatic heterocycles. The molecule has 0 aliphatic heterocycles. The summed E-state index contributed by atoms with van der Waals surface area (Å²) in [7, 11) is 1.57. The van der Waals surface area contributed by atoms with Gasteiger partial charge in [0.15, 0.2) is 0 Å². The molecule has 2 rings (SSSR count). The third-order valence-corrected chi connectivity index (χ3v) is 2.55. The number of nitrogens with zero attached hydrogens (tertiary/aromatic N) is 1. The molecular weight excluding hydrogens is 210 g/mol. The van der Waals surface area contributed by atoms with Gasteiger partial charge in [-0.25, -0.2) is 0 Å². The van der Waals surface area contributed by atoms with Gasteiger partial charge in [0, 0.05) is 11.1 Å². The van der Waals surface area contributed by atoms with Gasteiger partial charge in [0.05, 0.1) is 0 Å². The predicted molar refractivity (Wildman–Crippen MR) is 70.3 cm³/mol. The predicted octanol–water partition coefficient (Wildman–Crippen LogP) is 3.39. The summed E-state index contributed by atoms with van der Waals surface area (Å²) in [4.78, 5) is 4.93. The number of aryl methyl sites for hydroxylation is 1. The summed E-state index contributed by atoms with van der Waals surface area (Å²) in [5.41, 5.74) is 4.20. The van der Waals surface area contributed by atoms with Crippen molar-refractivity contribution in [1.82, 2.24) is 0 Å². The van der Waals surface area contributed by atoms with E-state index in [1.54, 1.807) is 7.11 Å². The van der Waals surface area contributed by atoms with E-state index in [4.69, 9.17) is 4.84 Å². The quantitative estimate of drug-likeness (QED) is 0.579. The Labute approximate surface area is 102 Å². The molecule has 0 bridgehead atoms. The average molecular weight is 225 g/mol. The lowest BCUT2D eigenvalue weighted by Gasteiger charge is -2.06. The first-order valence-corrected chi connectivity index (χ1v) is 5.55. The van der Waals surface area contributed by atoms with Gasteiger partial charge in [-0.2, -0.15) is 0 Å². The Hall–Kier alpha value is -2.09. The van der Waals surface area contributed by atoms with E-state index < -0.39 is 0 Å². The van der Waals surface area contributed by atoms with E-state index >= 15 is 0 Å². The van der Waals surface area contributed by atoms with Gasteiger partial charge in [-0.15, -0.1) is 0 Å². The van der Waals surface area contributed by atoms with Crippen molar-refractivity contribution in [3.8, 4) is 0 Å². The van der Waals surface area contributed by atoms with Crippen LogP contribution in [0.1, 0.15) is 16.7 Å². The summed E-state index contributed by atoms with van der Waals surface area (Å²) in [5.74, 6) is 0. The molecule has 0 aliphatic rings. The highest BCUT2D eigenvalue weighted by atomic mass is 16.6. The number of rotatable bonds is 3. The van der Waals surface area contributed by atoms with Gasteiger partial charge in [0.1, 0.15) is 12.8 Å². The molecule has 2 heteroatoms. The maximum atomic E-state index is 4.93. The van der Waals surface area contributed by atoms with Crippen molar-refractivity contribution in [3.63, 3.8) is 0 Å². The van der Waals surface area contributed by atoms with E-state index in [1.807, 2.05) is 30.3 Å². The van der Waals surface area contributed by atoms with Crippen LogP contribution < -0.4 is 0 Å². The summed E-state index contributed by atoms with van der Waals surface area (Å²) < 4.78 is 0. The molecule has 0 fully saturated rings. The van der Waals surface area contributed by atoms with Crippen molar-refractivity contribution in [2.45, 2.75) is 6.92 Å². The molecule has 0 unspecified atom stereocenters. The highest BCUT2D eigenvalue weighted by Crippen LogP contribution is 2.12. The molecule has 2 nitrogen and oxygen atoms in total. The monoisotopic (exact) mass is 225 g/mol. The lowest BCUT2D eigenvalue weighted by atomic mass is 10.0. The Morgan fingerprint density at radius 3 is 2.06 bits per heavy atom. The normalized spacial score (nSPS) is 11.3.